The van der Waals surface area contributed by atoms with Crippen LogP contribution in [-0.4, -0.2) is 41.8 Å². The summed E-state index contributed by atoms with van der Waals surface area (Å²) < 4.78 is 38.7. The van der Waals surface area contributed by atoms with Gasteiger partial charge in [-0.3, -0.25) is 4.79 Å². The van der Waals surface area contributed by atoms with Crippen LogP contribution in [0.25, 0.3) is 0 Å². The Bertz CT molecular complexity index is 560. The van der Waals surface area contributed by atoms with Gasteiger partial charge >= 0.3 is 12.1 Å². The van der Waals surface area contributed by atoms with Gasteiger partial charge in [-0.05, 0) is 37.1 Å². The molecule has 1 fully saturated rings. The first-order valence-electron chi connectivity index (χ1n) is 7.15. The summed E-state index contributed by atoms with van der Waals surface area (Å²) in [6, 6.07) is 5.14. The summed E-state index contributed by atoms with van der Waals surface area (Å²) in [5.41, 5.74) is 0.761. The zero-order chi connectivity index (χ0) is 17.2. The molecule has 0 saturated carbocycles. The van der Waals surface area contributed by atoms with Crippen LogP contribution < -0.4 is 0 Å². The van der Waals surface area contributed by atoms with E-state index in [1.807, 2.05) is 0 Å². The number of halogens is 5. The van der Waals surface area contributed by atoms with E-state index < -0.39 is 24.0 Å². The molecule has 0 radical (unpaired) electrons. The molecular formula is C15H16Cl2F3NO2. The average molecular weight is 370 g/mol. The minimum absolute atomic E-state index is 0.0875. The van der Waals surface area contributed by atoms with E-state index in [9.17, 15) is 18.0 Å². The zero-order valence-corrected chi connectivity index (χ0v) is 13.6. The van der Waals surface area contributed by atoms with Gasteiger partial charge in [0.15, 0.2) is 0 Å². The topological polar surface area (TPSA) is 40.5 Å². The summed E-state index contributed by atoms with van der Waals surface area (Å²) in [6.45, 7) is 0.00436. The van der Waals surface area contributed by atoms with E-state index in [-0.39, 0.29) is 13.1 Å². The molecule has 8 heteroatoms. The number of benzene rings is 1. The number of carboxylic acids is 1. The fourth-order valence-corrected chi connectivity index (χ4v) is 3.49. The predicted octanol–water partition coefficient (Wildman–Crippen LogP) is 4.12. The van der Waals surface area contributed by atoms with E-state index in [0.717, 1.165) is 5.56 Å². The minimum Gasteiger partial charge on any atom is -0.481 e. The molecule has 1 N–H and O–H groups in total. The maximum absolute atomic E-state index is 12.9. The van der Waals surface area contributed by atoms with Crippen molar-refractivity contribution in [3.8, 4) is 0 Å². The normalized spacial score (nSPS) is 22.5. The molecule has 2 rings (SSSR count). The second kappa shape index (κ2) is 7.28. The van der Waals surface area contributed by atoms with Crippen molar-refractivity contribution in [1.82, 2.24) is 4.90 Å². The third-order valence-electron chi connectivity index (χ3n) is 4.10. The van der Waals surface area contributed by atoms with E-state index in [2.05, 4.69) is 0 Å². The number of nitrogens with zero attached hydrogens (tertiary/aromatic N) is 1. The third kappa shape index (κ3) is 4.52. The van der Waals surface area contributed by atoms with Crippen LogP contribution in [0.2, 0.25) is 10.0 Å². The van der Waals surface area contributed by atoms with Gasteiger partial charge in [0.25, 0.3) is 0 Å². The third-order valence-corrected chi connectivity index (χ3v) is 4.80. The summed E-state index contributed by atoms with van der Waals surface area (Å²) >= 11 is 12.1. The number of likely N-dealkylation sites (tertiary alicyclic amines) is 1. The lowest BCUT2D eigenvalue weighted by molar-refractivity contribution is -0.188. The molecule has 0 aliphatic carbocycles. The second-order valence-corrected chi connectivity index (χ2v) is 6.47. The Morgan fingerprint density at radius 3 is 2.35 bits per heavy atom. The molecule has 0 spiro atoms. The van der Waals surface area contributed by atoms with Crippen molar-refractivity contribution in [2.75, 3.05) is 19.6 Å². The van der Waals surface area contributed by atoms with Crippen molar-refractivity contribution >= 4 is 29.2 Å². The standard InChI is InChI=1S/C15H16Cl2F3NO2/c16-12-4-1-5-13(17)9(12)3-2-6-21-7-10(14(22)23)11(8-21)15(18,19)20/h1,4-5,10-11H,2-3,6-8H2,(H,22,23)/t10-,11-/m1/s1. The molecule has 1 saturated heterocycles. The van der Waals surface area contributed by atoms with Gasteiger partial charge < -0.3 is 10.0 Å². The predicted molar refractivity (Wildman–Crippen MR) is 81.9 cm³/mol. The van der Waals surface area contributed by atoms with Crippen LogP contribution in [0.4, 0.5) is 13.2 Å². The van der Waals surface area contributed by atoms with Gasteiger partial charge in [-0.1, -0.05) is 29.3 Å². The summed E-state index contributed by atoms with van der Waals surface area (Å²) in [7, 11) is 0. The molecule has 128 valence electrons. The summed E-state index contributed by atoms with van der Waals surface area (Å²) in [5.74, 6) is -4.62. The van der Waals surface area contributed by atoms with Crippen LogP contribution >= 0.6 is 23.2 Å². The minimum atomic E-state index is -4.50. The summed E-state index contributed by atoms with van der Waals surface area (Å²) in [6.07, 6.45) is -3.41. The molecular weight excluding hydrogens is 354 g/mol. The largest absolute Gasteiger partial charge is 0.481 e. The van der Waals surface area contributed by atoms with Gasteiger partial charge in [-0.25, -0.2) is 0 Å². The molecule has 1 aliphatic rings. The first-order valence-corrected chi connectivity index (χ1v) is 7.90. The number of carbonyl (C=O) groups is 1. The summed E-state index contributed by atoms with van der Waals surface area (Å²) in [5, 5.41) is 10.0. The quantitative estimate of drug-likeness (QED) is 0.848. The van der Waals surface area contributed by atoms with Crippen molar-refractivity contribution in [2.24, 2.45) is 11.8 Å². The Labute approximate surface area is 142 Å². The van der Waals surface area contributed by atoms with Crippen LogP contribution in [0, 0.1) is 11.8 Å². The lowest BCUT2D eigenvalue weighted by Crippen LogP contribution is -2.33. The monoisotopic (exact) mass is 369 g/mol. The van der Waals surface area contributed by atoms with Crippen molar-refractivity contribution in [2.45, 2.75) is 19.0 Å². The van der Waals surface area contributed by atoms with Crippen LogP contribution in [0.3, 0.4) is 0 Å². The highest BCUT2D eigenvalue weighted by Gasteiger charge is 2.52. The molecule has 1 aromatic rings. The van der Waals surface area contributed by atoms with E-state index in [4.69, 9.17) is 28.3 Å². The summed E-state index contributed by atoms with van der Waals surface area (Å²) in [4.78, 5) is 12.6. The number of alkyl halides is 3. The SMILES string of the molecule is O=C(O)[C@@H]1CN(CCCc2c(Cl)cccc2Cl)C[C@H]1C(F)(F)F. The van der Waals surface area contributed by atoms with Gasteiger partial charge in [-0.2, -0.15) is 13.2 Å². The molecule has 0 amide bonds. The van der Waals surface area contributed by atoms with Crippen LogP contribution in [0.5, 0.6) is 0 Å². The average Bonchev–Trinajstić information content (AvgIpc) is 2.86. The van der Waals surface area contributed by atoms with Gasteiger partial charge in [0.1, 0.15) is 0 Å². The van der Waals surface area contributed by atoms with Crippen LogP contribution in [0.15, 0.2) is 18.2 Å². The van der Waals surface area contributed by atoms with Crippen LogP contribution in [0.1, 0.15) is 12.0 Å². The lowest BCUT2D eigenvalue weighted by atomic mass is 9.96. The fraction of sp³-hybridized carbons (Fsp3) is 0.533. The molecule has 3 nitrogen and oxygen atoms in total. The first kappa shape index (κ1) is 18.4. The number of hydrogen-bond donors (Lipinski definition) is 1. The number of rotatable bonds is 5. The smallest absolute Gasteiger partial charge is 0.393 e. The Morgan fingerprint density at radius 2 is 1.87 bits per heavy atom. The fourth-order valence-electron chi connectivity index (χ4n) is 2.90. The number of carboxylic acid groups (broad SMARTS) is 1. The Kier molecular flexibility index (Phi) is 5.81. The Morgan fingerprint density at radius 1 is 1.26 bits per heavy atom. The molecule has 1 aromatic carbocycles. The molecule has 0 aromatic heterocycles. The highest BCUT2D eigenvalue weighted by Crippen LogP contribution is 2.37. The molecule has 23 heavy (non-hydrogen) atoms. The van der Waals surface area contributed by atoms with Crippen molar-refractivity contribution in [3.05, 3.63) is 33.8 Å². The maximum atomic E-state index is 12.9. The Hall–Kier alpha value is -0.980. The highest BCUT2D eigenvalue weighted by atomic mass is 35.5. The van der Waals surface area contributed by atoms with Gasteiger partial charge in [-0.15, -0.1) is 0 Å². The molecule has 0 bridgehead atoms. The van der Waals surface area contributed by atoms with Gasteiger partial charge in [0, 0.05) is 23.1 Å². The maximum Gasteiger partial charge on any atom is 0.393 e. The zero-order valence-electron chi connectivity index (χ0n) is 12.1. The van der Waals surface area contributed by atoms with E-state index >= 15 is 0 Å². The van der Waals surface area contributed by atoms with Crippen molar-refractivity contribution < 1.29 is 23.1 Å². The highest BCUT2D eigenvalue weighted by molar-refractivity contribution is 6.35. The molecule has 2 atom stereocenters. The van der Waals surface area contributed by atoms with Crippen molar-refractivity contribution in [3.63, 3.8) is 0 Å². The van der Waals surface area contributed by atoms with E-state index in [0.29, 0.717) is 29.4 Å². The van der Waals surface area contributed by atoms with Gasteiger partial charge in [0.05, 0.1) is 11.8 Å². The van der Waals surface area contributed by atoms with Crippen LogP contribution in [-0.2, 0) is 11.2 Å². The Balaban J connectivity index is 1.93. The second-order valence-electron chi connectivity index (χ2n) is 5.66. The number of hydrogen-bond acceptors (Lipinski definition) is 2. The van der Waals surface area contributed by atoms with Gasteiger partial charge in [0.2, 0.25) is 0 Å². The molecule has 0 unspecified atom stereocenters. The first-order chi connectivity index (χ1) is 10.7. The van der Waals surface area contributed by atoms with E-state index in [1.54, 1.807) is 23.1 Å². The lowest BCUT2D eigenvalue weighted by Gasteiger charge is -2.18. The molecule has 1 heterocycles. The van der Waals surface area contributed by atoms with E-state index in [1.165, 1.54) is 0 Å². The van der Waals surface area contributed by atoms with Crippen molar-refractivity contribution in [1.29, 1.82) is 0 Å². The molecule has 1 aliphatic heterocycles. The number of aliphatic carboxylic acids is 1.